The average molecular weight is 374 g/mol. The van der Waals surface area contributed by atoms with Crippen molar-refractivity contribution < 1.29 is 18.0 Å². The summed E-state index contributed by atoms with van der Waals surface area (Å²) < 4.78 is 39.7. The number of halogens is 3. The van der Waals surface area contributed by atoms with Crippen LogP contribution in [-0.2, 0) is 13.2 Å². The Morgan fingerprint density at radius 2 is 1.85 bits per heavy atom. The zero-order valence-corrected chi connectivity index (χ0v) is 14.6. The van der Waals surface area contributed by atoms with Gasteiger partial charge in [0.25, 0.3) is 5.91 Å². The standard InChI is InChI=1S/C19H17F3N4O/c1-11-5-3-4-6-15(11)24-18(27)12-7-8-13(14(23)9-12)16-10-17(19(20,21)22)25-26(16)2/h3-10H,23H2,1-2H3,(H,24,27). The Balaban J connectivity index is 1.89. The molecule has 0 aliphatic heterocycles. The topological polar surface area (TPSA) is 72.9 Å². The lowest BCUT2D eigenvalue weighted by atomic mass is 10.1. The molecular formula is C19H17F3N4O. The number of nitrogen functional groups attached to an aromatic ring is 1. The number of anilines is 2. The zero-order valence-electron chi connectivity index (χ0n) is 14.6. The molecule has 8 heteroatoms. The number of benzene rings is 2. The first-order chi connectivity index (χ1) is 12.7. The van der Waals surface area contributed by atoms with Crippen LogP contribution >= 0.6 is 0 Å². The van der Waals surface area contributed by atoms with Crippen molar-refractivity contribution in [2.75, 3.05) is 11.1 Å². The van der Waals surface area contributed by atoms with E-state index >= 15 is 0 Å². The SMILES string of the molecule is Cc1ccccc1NC(=O)c1ccc(-c2cc(C(F)(F)F)nn2C)c(N)c1. The predicted molar refractivity (Wildman–Crippen MR) is 97.2 cm³/mol. The predicted octanol–water partition coefficient (Wildman–Crippen LogP) is 4.25. The highest BCUT2D eigenvalue weighted by atomic mass is 19.4. The summed E-state index contributed by atoms with van der Waals surface area (Å²) in [5.74, 6) is -0.358. The molecule has 3 aromatic rings. The number of aromatic nitrogens is 2. The van der Waals surface area contributed by atoms with Gasteiger partial charge >= 0.3 is 6.18 Å². The van der Waals surface area contributed by atoms with E-state index in [1.165, 1.54) is 25.2 Å². The second kappa shape index (κ2) is 6.79. The lowest BCUT2D eigenvalue weighted by Gasteiger charge is -2.11. The van der Waals surface area contributed by atoms with Gasteiger partial charge in [0, 0.05) is 29.5 Å². The van der Waals surface area contributed by atoms with Crippen LogP contribution in [-0.4, -0.2) is 15.7 Å². The van der Waals surface area contributed by atoms with E-state index in [0.29, 0.717) is 16.8 Å². The van der Waals surface area contributed by atoms with Crippen LogP contribution in [0.15, 0.2) is 48.5 Å². The van der Waals surface area contributed by atoms with E-state index in [0.717, 1.165) is 16.3 Å². The normalized spacial score (nSPS) is 11.4. The number of aryl methyl sites for hydroxylation is 2. The number of hydrogen-bond acceptors (Lipinski definition) is 3. The summed E-state index contributed by atoms with van der Waals surface area (Å²) in [7, 11) is 1.41. The lowest BCUT2D eigenvalue weighted by molar-refractivity contribution is -0.141. The van der Waals surface area contributed by atoms with Crippen molar-refractivity contribution >= 4 is 17.3 Å². The van der Waals surface area contributed by atoms with Crippen LogP contribution in [0.5, 0.6) is 0 Å². The van der Waals surface area contributed by atoms with Gasteiger partial charge in [-0.15, -0.1) is 0 Å². The number of hydrogen-bond donors (Lipinski definition) is 2. The molecule has 0 spiro atoms. The highest BCUT2D eigenvalue weighted by Crippen LogP contribution is 2.33. The molecule has 2 aromatic carbocycles. The van der Waals surface area contributed by atoms with Crippen molar-refractivity contribution in [1.29, 1.82) is 0 Å². The molecule has 5 nitrogen and oxygen atoms in total. The molecule has 0 fully saturated rings. The Labute approximate surface area is 153 Å². The van der Waals surface area contributed by atoms with E-state index in [-0.39, 0.29) is 17.3 Å². The van der Waals surface area contributed by atoms with Gasteiger partial charge < -0.3 is 11.1 Å². The first kappa shape index (κ1) is 18.5. The highest BCUT2D eigenvalue weighted by Gasteiger charge is 2.34. The molecule has 0 aliphatic carbocycles. The third kappa shape index (κ3) is 3.79. The van der Waals surface area contributed by atoms with Crippen LogP contribution in [0.4, 0.5) is 24.5 Å². The number of carbonyl (C=O) groups is 1. The summed E-state index contributed by atoms with van der Waals surface area (Å²) in [5, 5.41) is 6.27. The van der Waals surface area contributed by atoms with E-state index in [9.17, 15) is 18.0 Å². The van der Waals surface area contributed by atoms with Crippen molar-refractivity contribution in [3.63, 3.8) is 0 Å². The van der Waals surface area contributed by atoms with Crippen LogP contribution in [0.1, 0.15) is 21.6 Å². The number of amides is 1. The average Bonchev–Trinajstić information content (AvgIpc) is 2.99. The molecule has 3 rings (SSSR count). The molecule has 3 N–H and O–H groups in total. The molecule has 0 atom stereocenters. The Morgan fingerprint density at radius 1 is 1.15 bits per heavy atom. The van der Waals surface area contributed by atoms with Gasteiger partial charge in [-0.3, -0.25) is 9.48 Å². The molecular weight excluding hydrogens is 357 g/mol. The van der Waals surface area contributed by atoms with Gasteiger partial charge in [-0.2, -0.15) is 18.3 Å². The summed E-state index contributed by atoms with van der Waals surface area (Å²) in [6, 6.07) is 12.7. The minimum atomic E-state index is -4.54. The summed E-state index contributed by atoms with van der Waals surface area (Å²) in [5.41, 5.74) is 7.65. The summed E-state index contributed by atoms with van der Waals surface area (Å²) in [6.07, 6.45) is -4.54. The van der Waals surface area contributed by atoms with Crippen LogP contribution in [0.25, 0.3) is 11.3 Å². The van der Waals surface area contributed by atoms with Gasteiger partial charge in [-0.1, -0.05) is 18.2 Å². The number of alkyl halides is 3. The van der Waals surface area contributed by atoms with Crippen LogP contribution in [0.3, 0.4) is 0 Å². The summed E-state index contributed by atoms with van der Waals surface area (Å²) >= 11 is 0. The summed E-state index contributed by atoms with van der Waals surface area (Å²) in [6.45, 7) is 1.87. The van der Waals surface area contributed by atoms with E-state index in [4.69, 9.17) is 5.73 Å². The number of nitrogens with two attached hydrogens (primary N) is 1. The zero-order chi connectivity index (χ0) is 19.8. The number of rotatable bonds is 3. The van der Waals surface area contributed by atoms with Crippen molar-refractivity contribution in [3.05, 3.63) is 65.4 Å². The smallest absolute Gasteiger partial charge is 0.398 e. The fourth-order valence-electron chi connectivity index (χ4n) is 2.70. The highest BCUT2D eigenvalue weighted by molar-refractivity contribution is 6.05. The van der Waals surface area contributed by atoms with Gasteiger partial charge in [0.05, 0.1) is 5.69 Å². The van der Waals surface area contributed by atoms with Gasteiger partial charge in [0.1, 0.15) is 0 Å². The van der Waals surface area contributed by atoms with Crippen molar-refractivity contribution in [2.24, 2.45) is 7.05 Å². The number of nitrogens with one attached hydrogen (secondary N) is 1. The third-order valence-corrected chi connectivity index (χ3v) is 4.15. The molecule has 0 aliphatic rings. The van der Waals surface area contributed by atoms with Crippen molar-refractivity contribution in [2.45, 2.75) is 13.1 Å². The van der Waals surface area contributed by atoms with Crippen molar-refractivity contribution in [1.82, 2.24) is 9.78 Å². The molecule has 0 unspecified atom stereocenters. The third-order valence-electron chi connectivity index (χ3n) is 4.15. The van der Waals surface area contributed by atoms with E-state index < -0.39 is 11.9 Å². The lowest BCUT2D eigenvalue weighted by Crippen LogP contribution is -2.13. The van der Waals surface area contributed by atoms with Gasteiger partial charge in [0.2, 0.25) is 0 Å². The fourth-order valence-corrected chi connectivity index (χ4v) is 2.70. The monoisotopic (exact) mass is 374 g/mol. The Hall–Kier alpha value is -3.29. The minimum absolute atomic E-state index is 0.184. The molecule has 0 radical (unpaired) electrons. The second-order valence-corrected chi connectivity index (χ2v) is 6.11. The largest absolute Gasteiger partial charge is 0.435 e. The van der Waals surface area contributed by atoms with Gasteiger partial charge in [-0.25, -0.2) is 0 Å². The quantitative estimate of drug-likeness (QED) is 0.673. The maximum atomic E-state index is 12.8. The first-order valence-electron chi connectivity index (χ1n) is 8.05. The molecule has 1 aromatic heterocycles. The van der Waals surface area contributed by atoms with E-state index in [1.807, 2.05) is 19.1 Å². The molecule has 1 heterocycles. The van der Waals surface area contributed by atoms with Crippen LogP contribution < -0.4 is 11.1 Å². The molecule has 1 amide bonds. The Bertz CT molecular complexity index is 1010. The number of nitrogens with zero attached hydrogens (tertiary/aromatic N) is 2. The summed E-state index contributed by atoms with van der Waals surface area (Å²) in [4.78, 5) is 12.4. The molecule has 140 valence electrons. The van der Waals surface area contributed by atoms with Crippen LogP contribution in [0, 0.1) is 6.92 Å². The van der Waals surface area contributed by atoms with Crippen molar-refractivity contribution in [3.8, 4) is 11.3 Å². The van der Waals surface area contributed by atoms with Gasteiger partial charge in [-0.05, 0) is 42.8 Å². The number of para-hydroxylation sites is 1. The van der Waals surface area contributed by atoms with E-state index in [2.05, 4.69) is 10.4 Å². The Morgan fingerprint density at radius 3 is 2.44 bits per heavy atom. The Kier molecular flexibility index (Phi) is 4.65. The maximum Gasteiger partial charge on any atom is 0.435 e. The second-order valence-electron chi connectivity index (χ2n) is 6.11. The molecule has 0 bridgehead atoms. The minimum Gasteiger partial charge on any atom is -0.398 e. The van der Waals surface area contributed by atoms with E-state index in [1.54, 1.807) is 12.1 Å². The first-order valence-corrected chi connectivity index (χ1v) is 8.05. The molecule has 0 saturated carbocycles. The number of carbonyl (C=O) groups excluding carboxylic acids is 1. The van der Waals surface area contributed by atoms with Crippen LogP contribution in [0.2, 0.25) is 0 Å². The molecule has 27 heavy (non-hydrogen) atoms. The fraction of sp³-hybridized carbons (Fsp3) is 0.158. The maximum absolute atomic E-state index is 12.8. The van der Waals surface area contributed by atoms with Gasteiger partial charge in [0.15, 0.2) is 5.69 Å². The molecule has 0 saturated heterocycles.